The molecule has 1 aliphatic heterocycles. The first-order chi connectivity index (χ1) is 15.6. The molecular weight excluding hydrogens is 450 g/mol. The minimum atomic E-state index is -0.476. The van der Waals surface area contributed by atoms with Gasteiger partial charge in [-0.2, -0.15) is 9.50 Å². The average Bonchev–Trinajstić information content (AvgIpc) is 3.52. The van der Waals surface area contributed by atoms with Crippen molar-refractivity contribution in [3.05, 3.63) is 92.2 Å². The molecule has 7 nitrogen and oxygen atoms in total. The number of para-hydroxylation sites is 2. The van der Waals surface area contributed by atoms with Gasteiger partial charge in [0.1, 0.15) is 22.7 Å². The number of benzene rings is 2. The second-order valence-electron chi connectivity index (χ2n) is 7.15. The number of hydrogen-bond donors (Lipinski definition) is 0. The maximum absolute atomic E-state index is 12.9. The maximum atomic E-state index is 12.9. The van der Waals surface area contributed by atoms with E-state index < -0.39 is 6.10 Å². The van der Waals surface area contributed by atoms with Crippen LogP contribution in [0, 0.1) is 0 Å². The highest BCUT2D eigenvalue weighted by atomic mass is 35.5. The first kappa shape index (κ1) is 19.1. The summed E-state index contributed by atoms with van der Waals surface area (Å²) in [5.41, 5.74) is 0.644. The molecule has 0 bridgehead atoms. The molecule has 0 saturated heterocycles. The summed E-state index contributed by atoms with van der Waals surface area (Å²) in [6.45, 7) is 0.280. The molecule has 0 fully saturated rings. The molecule has 32 heavy (non-hydrogen) atoms. The summed E-state index contributed by atoms with van der Waals surface area (Å²) in [5, 5.41) is 5.03. The Hall–Kier alpha value is -3.62. The molecule has 9 heteroatoms. The highest BCUT2D eigenvalue weighted by molar-refractivity contribution is 7.15. The summed E-state index contributed by atoms with van der Waals surface area (Å²) >= 11 is 7.18. The summed E-state index contributed by atoms with van der Waals surface area (Å²) in [4.78, 5) is 17.8. The van der Waals surface area contributed by atoms with E-state index in [1.54, 1.807) is 18.2 Å². The van der Waals surface area contributed by atoms with Crippen molar-refractivity contribution < 1.29 is 13.9 Å². The van der Waals surface area contributed by atoms with E-state index in [0.29, 0.717) is 43.4 Å². The minimum absolute atomic E-state index is 0.259. The maximum Gasteiger partial charge on any atom is 0.291 e. The smallest absolute Gasteiger partial charge is 0.291 e. The first-order valence-corrected chi connectivity index (χ1v) is 11.0. The summed E-state index contributed by atoms with van der Waals surface area (Å²) in [5.74, 6) is 2.99. The third kappa shape index (κ3) is 3.34. The number of rotatable bonds is 3. The zero-order valence-corrected chi connectivity index (χ0v) is 18.0. The number of nitrogens with zero attached hydrogens (tertiary/aromatic N) is 3. The largest absolute Gasteiger partial charge is 0.485 e. The molecule has 6 rings (SSSR count). The normalized spacial score (nSPS) is 16.0. The van der Waals surface area contributed by atoms with Gasteiger partial charge in [-0.05, 0) is 48.5 Å². The lowest BCUT2D eigenvalue weighted by Crippen LogP contribution is -2.26. The van der Waals surface area contributed by atoms with Crippen molar-refractivity contribution in [2.24, 2.45) is 0 Å². The van der Waals surface area contributed by atoms with E-state index in [1.807, 2.05) is 48.5 Å². The minimum Gasteiger partial charge on any atom is -0.485 e. The van der Waals surface area contributed by atoms with Crippen molar-refractivity contribution in [3.8, 4) is 22.8 Å². The lowest BCUT2D eigenvalue weighted by Gasteiger charge is -2.24. The Kier molecular flexibility index (Phi) is 4.48. The molecule has 1 aliphatic rings. The van der Waals surface area contributed by atoms with E-state index in [2.05, 4.69) is 10.1 Å². The van der Waals surface area contributed by atoms with Crippen LogP contribution in [0.3, 0.4) is 0 Å². The van der Waals surface area contributed by atoms with E-state index in [-0.39, 0.29) is 12.2 Å². The van der Waals surface area contributed by atoms with Crippen LogP contribution in [-0.2, 0) is 0 Å². The van der Waals surface area contributed by atoms with E-state index >= 15 is 0 Å². The lowest BCUT2D eigenvalue weighted by molar-refractivity contribution is 0.0852. The van der Waals surface area contributed by atoms with Crippen molar-refractivity contribution >= 4 is 34.0 Å². The second kappa shape index (κ2) is 7.51. The molecule has 3 aromatic heterocycles. The molecule has 0 spiro atoms. The van der Waals surface area contributed by atoms with Crippen LogP contribution in [0.5, 0.6) is 11.5 Å². The molecule has 0 aliphatic carbocycles. The van der Waals surface area contributed by atoms with Crippen LogP contribution in [0.15, 0.2) is 69.9 Å². The topological polar surface area (TPSA) is 78.9 Å². The molecule has 0 saturated carbocycles. The van der Waals surface area contributed by atoms with Gasteiger partial charge in [-0.25, -0.2) is 0 Å². The number of fused-ring (bicyclic) bond motifs is 2. The molecule has 5 aromatic rings. The van der Waals surface area contributed by atoms with Crippen LogP contribution >= 0.6 is 22.9 Å². The summed E-state index contributed by atoms with van der Waals surface area (Å²) < 4.78 is 19.3. The van der Waals surface area contributed by atoms with Crippen LogP contribution in [0.1, 0.15) is 17.7 Å². The number of aromatic nitrogens is 3. The Morgan fingerprint density at radius 1 is 1.06 bits per heavy atom. The molecular formula is C23H14ClN3O4S. The van der Waals surface area contributed by atoms with Crippen molar-refractivity contribution in [1.82, 2.24) is 14.6 Å². The van der Waals surface area contributed by atoms with Gasteiger partial charge in [-0.15, -0.1) is 5.10 Å². The van der Waals surface area contributed by atoms with E-state index in [9.17, 15) is 4.79 Å². The Bertz CT molecular complexity index is 1550. The van der Waals surface area contributed by atoms with Crippen LogP contribution in [-0.4, -0.2) is 21.2 Å². The summed E-state index contributed by atoms with van der Waals surface area (Å²) in [6, 6.07) is 18.5. The average molecular weight is 464 g/mol. The van der Waals surface area contributed by atoms with Gasteiger partial charge in [-0.1, -0.05) is 35.1 Å². The fraction of sp³-hybridized carbons (Fsp3) is 0.0870. The SMILES string of the molecule is O=c1/c(=C\c2ccc(-c3ccc(Cl)cc3)o2)sc2nc([C@H]3COc4ccccc4O3)nn12. The zero-order chi connectivity index (χ0) is 21.7. The molecule has 0 unspecified atom stereocenters. The lowest BCUT2D eigenvalue weighted by atomic mass is 10.2. The van der Waals surface area contributed by atoms with E-state index in [1.165, 1.54) is 15.9 Å². The van der Waals surface area contributed by atoms with Crippen LogP contribution in [0.25, 0.3) is 22.4 Å². The third-order valence-corrected chi connectivity index (χ3v) is 6.23. The number of furan rings is 1. The van der Waals surface area contributed by atoms with E-state index in [0.717, 1.165) is 5.56 Å². The Balaban J connectivity index is 1.30. The van der Waals surface area contributed by atoms with Gasteiger partial charge in [0.25, 0.3) is 5.56 Å². The van der Waals surface area contributed by atoms with Gasteiger partial charge in [0.2, 0.25) is 4.96 Å². The predicted molar refractivity (Wildman–Crippen MR) is 120 cm³/mol. The monoisotopic (exact) mass is 463 g/mol. The predicted octanol–water partition coefficient (Wildman–Crippen LogP) is 4.12. The quantitative estimate of drug-likeness (QED) is 0.400. The van der Waals surface area contributed by atoms with Crippen LogP contribution < -0.4 is 19.6 Å². The summed E-state index contributed by atoms with van der Waals surface area (Å²) in [6.07, 6.45) is 1.22. The molecule has 0 amide bonds. The van der Waals surface area contributed by atoms with Crippen molar-refractivity contribution in [1.29, 1.82) is 0 Å². The highest BCUT2D eigenvalue weighted by Gasteiger charge is 2.27. The molecule has 4 heterocycles. The van der Waals surface area contributed by atoms with E-state index in [4.69, 9.17) is 25.5 Å². The molecule has 0 radical (unpaired) electrons. The highest BCUT2D eigenvalue weighted by Crippen LogP contribution is 2.35. The second-order valence-corrected chi connectivity index (χ2v) is 8.60. The van der Waals surface area contributed by atoms with Crippen molar-refractivity contribution in [2.45, 2.75) is 6.10 Å². The van der Waals surface area contributed by atoms with Gasteiger partial charge in [0.15, 0.2) is 23.4 Å². The standard InChI is InChI=1S/C23H14ClN3O4S/c24-14-7-5-13(6-8-14)16-10-9-15(30-16)11-20-22(28)27-23(32-20)25-21(26-27)19-12-29-17-3-1-2-4-18(17)31-19/h1-11,19H,12H2/b20-11+/t19-/m1/s1. The Labute approximate surface area is 190 Å². The van der Waals surface area contributed by atoms with Gasteiger partial charge < -0.3 is 13.9 Å². The van der Waals surface area contributed by atoms with Crippen LogP contribution in [0.4, 0.5) is 0 Å². The fourth-order valence-electron chi connectivity index (χ4n) is 3.46. The molecule has 1 atom stereocenters. The molecule has 158 valence electrons. The Morgan fingerprint density at radius 3 is 2.69 bits per heavy atom. The number of thiazole rings is 1. The first-order valence-electron chi connectivity index (χ1n) is 9.79. The van der Waals surface area contributed by atoms with Gasteiger partial charge >= 0.3 is 0 Å². The molecule has 2 aromatic carbocycles. The van der Waals surface area contributed by atoms with Crippen LogP contribution in [0.2, 0.25) is 5.02 Å². The summed E-state index contributed by atoms with van der Waals surface area (Å²) in [7, 11) is 0. The number of ether oxygens (including phenoxy) is 2. The van der Waals surface area contributed by atoms with Gasteiger partial charge in [0.05, 0.1) is 0 Å². The van der Waals surface area contributed by atoms with Crippen molar-refractivity contribution in [2.75, 3.05) is 6.61 Å². The third-order valence-electron chi connectivity index (χ3n) is 5.02. The number of halogens is 1. The Morgan fingerprint density at radius 2 is 1.88 bits per heavy atom. The molecule has 0 N–H and O–H groups in total. The fourth-order valence-corrected chi connectivity index (χ4v) is 4.48. The van der Waals surface area contributed by atoms with Crippen molar-refractivity contribution in [3.63, 3.8) is 0 Å². The zero-order valence-electron chi connectivity index (χ0n) is 16.4. The van der Waals surface area contributed by atoms with Gasteiger partial charge in [0, 0.05) is 16.7 Å². The van der Waals surface area contributed by atoms with Gasteiger partial charge in [-0.3, -0.25) is 4.79 Å². The number of hydrogen-bond acceptors (Lipinski definition) is 7.